The Morgan fingerprint density at radius 2 is 1.61 bits per heavy atom. The van der Waals surface area contributed by atoms with E-state index in [0.29, 0.717) is 31.3 Å². The van der Waals surface area contributed by atoms with Gasteiger partial charge in [-0.1, -0.05) is 18.2 Å². The van der Waals surface area contributed by atoms with Crippen LogP contribution in [0.3, 0.4) is 0 Å². The summed E-state index contributed by atoms with van der Waals surface area (Å²) in [6.45, 7) is 3.54. The second-order valence-electron chi connectivity index (χ2n) is 6.39. The van der Waals surface area contributed by atoms with E-state index in [-0.39, 0.29) is 14.6 Å². The predicted molar refractivity (Wildman–Crippen MR) is 105 cm³/mol. The molecule has 146 valence electrons. The van der Waals surface area contributed by atoms with Gasteiger partial charge < -0.3 is 9.15 Å². The van der Waals surface area contributed by atoms with Crippen LogP contribution in [-0.4, -0.2) is 49.4 Å². The summed E-state index contributed by atoms with van der Waals surface area (Å²) in [5.41, 5.74) is 0.666. The molecule has 4 rings (SSSR count). The Hall–Kier alpha value is -2.33. The summed E-state index contributed by atoms with van der Waals surface area (Å²) in [7, 11) is -3.56. The summed E-state index contributed by atoms with van der Waals surface area (Å²) in [6, 6.07) is 14.8. The third-order valence-electron chi connectivity index (χ3n) is 4.51. The largest absolute Gasteiger partial charge is 0.409 e. The Bertz CT molecular complexity index is 1100. The number of hydrogen-bond donors (Lipinski definition) is 0. The van der Waals surface area contributed by atoms with Crippen LogP contribution >= 0.6 is 12.2 Å². The van der Waals surface area contributed by atoms with E-state index in [2.05, 4.69) is 10.00 Å². The average molecular weight is 418 g/mol. The third-order valence-corrected chi connectivity index (χ3v) is 6.59. The highest BCUT2D eigenvalue weighted by atomic mass is 32.2. The van der Waals surface area contributed by atoms with Crippen molar-refractivity contribution < 1.29 is 17.6 Å². The van der Waals surface area contributed by atoms with E-state index < -0.39 is 9.84 Å². The van der Waals surface area contributed by atoms with E-state index in [4.69, 9.17) is 21.4 Å². The molecular formula is C19H19N3O4S2. The Balaban J connectivity index is 1.56. The Morgan fingerprint density at radius 1 is 0.964 bits per heavy atom. The summed E-state index contributed by atoms with van der Waals surface area (Å²) in [4.78, 5) is 2.94. The van der Waals surface area contributed by atoms with Crippen molar-refractivity contribution in [2.75, 3.05) is 26.3 Å². The topological polar surface area (TPSA) is 77.6 Å². The molecule has 2 heterocycles. The lowest BCUT2D eigenvalue weighted by molar-refractivity contribution is 0.0206. The monoisotopic (exact) mass is 417 g/mol. The van der Waals surface area contributed by atoms with Crippen LogP contribution in [0.25, 0.3) is 11.5 Å². The molecule has 0 atom stereocenters. The van der Waals surface area contributed by atoms with Crippen molar-refractivity contribution in [2.24, 2.45) is 0 Å². The summed E-state index contributed by atoms with van der Waals surface area (Å²) in [5.74, 6) is 0.363. The molecule has 1 aliphatic rings. The fourth-order valence-corrected chi connectivity index (χ4v) is 4.42. The minimum Gasteiger partial charge on any atom is -0.409 e. The van der Waals surface area contributed by atoms with E-state index in [1.54, 1.807) is 59.3 Å². The molecule has 0 aliphatic carbocycles. The molecule has 28 heavy (non-hydrogen) atoms. The zero-order valence-corrected chi connectivity index (χ0v) is 16.7. The van der Waals surface area contributed by atoms with Crippen LogP contribution in [-0.2, 0) is 21.2 Å². The minimum atomic E-state index is -3.56. The number of rotatable bonds is 5. The molecule has 1 aliphatic heterocycles. The van der Waals surface area contributed by atoms with Crippen molar-refractivity contribution in [3.63, 3.8) is 0 Å². The molecule has 0 N–H and O–H groups in total. The van der Waals surface area contributed by atoms with Crippen LogP contribution in [0.2, 0.25) is 0 Å². The molecule has 0 spiro atoms. The van der Waals surface area contributed by atoms with E-state index >= 15 is 0 Å². The normalized spacial score (nSPS) is 15.6. The van der Waals surface area contributed by atoms with E-state index in [1.165, 1.54) is 0 Å². The molecular weight excluding hydrogens is 398 g/mol. The van der Waals surface area contributed by atoms with Gasteiger partial charge in [0.05, 0.1) is 29.7 Å². The zero-order valence-electron chi connectivity index (χ0n) is 15.0. The van der Waals surface area contributed by atoms with E-state index in [0.717, 1.165) is 13.1 Å². The maximum Gasteiger partial charge on any atom is 0.288 e. The number of ether oxygens (including phenoxy) is 1. The number of sulfone groups is 1. The van der Waals surface area contributed by atoms with Gasteiger partial charge in [0, 0.05) is 18.7 Å². The average Bonchev–Trinajstić information content (AvgIpc) is 3.10. The van der Waals surface area contributed by atoms with Gasteiger partial charge in [-0.05, 0) is 48.6 Å². The first-order chi connectivity index (χ1) is 13.5. The van der Waals surface area contributed by atoms with Gasteiger partial charge in [0.25, 0.3) is 4.84 Å². The van der Waals surface area contributed by atoms with Crippen molar-refractivity contribution >= 4 is 22.1 Å². The van der Waals surface area contributed by atoms with Crippen LogP contribution < -0.4 is 0 Å². The number of nitrogens with zero attached hydrogens (tertiary/aromatic N) is 3. The first-order valence-corrected chi connectivity index (χ1v) is 10.7. The Labute approximate surface area is 168 Å². The lowest BCUT2D eigenvalue weighted by Gasteiger charge is -2.25. The lowest BCUT2D eigenvalue weighted by atomic mass is 10.2. The zero-order chi connectivity index (χ0) is 19.6. The molecule has 1 fully saturated rings. The van der Waals surface area contributed by atoms with Crippen LogP contribution in [0.4, 0.5) is 0 Å². The van der Waals surface area contributed by atoms with Crippen LogP contribution in [0, 0.1) is 4.84 Å². The predicted octanol–water partition coefficient (Wildman–Crippen LogP) is 3.00. The highest BCUT2D eigenvalue weighted by Crippen LogP contribution is 2.24. The van der Waals surface area contributed by atoms with Gasteiger partial charge in [-0.3, -0.25) is 4.90 Å². The van der Waals surface area contributed by atoms with Gasteiger partial charge in [0.2, 0.25) is 15.7 Å². The first kappa shape index (κ1) is 19.0. The number of morpholine rings is 1. The van der Waals surface area contributed by atoms with Crippen molar-refractivity contribution in [3.8, 4) is 11.5 Å². The van der Waals surface area contributed by atoms with Gasteiger partial charge in [0.15, 0.2) is 0 Å². The maximum absolute atomic E-state index is 12.7. The smallest absolute Gasteiger partial charge is 0.288 e. The van der Waals surface area contributed by atoms with Crippen LogP contribution in [0.1, 0.15) is 0 Å². The molecule has 0 unspecified atom stereocenters. The van der Waals surface area contributed by atoms with E-state index in [1.807, 2.05) is 0 Å². The summed E-state index contributed by atoms with van der Waals surface area (Å²) in [5, 5.41) is 4.44. The first-order valence-electron chi connectivity index (χ1n) is 8.83. The fraction of sp³-hybridized carbons (Fsp3) is 0.263. The van der Waals surface area contributed by atoms with E-state index in [9.17, 15) is 8.42 Å². The molecule has 0 bridgehead atoms. The second-order valence-corrected chi connectivity index (χ2v) is 8.68. The molecule has 0 saturated carbocycles. The molecule has 0 radical (unpaired) electrons. The number of aromatic nitrogens is 2. The van der Waals surface area contributed by atoms with Gasteiger partial charge in [0.1, 0.15) is 0 Å². The fourth-order valence-electron chi connectivity index (χ4n) is 2.96. The SMILES string of the molecule is O=S(=O)(c1ccccc1)c1ccc(-c2nn(CN3CCOCC3)c(=S)o2)cc1. The summed E-state index contributed by atoms with van der Waals surface area (Å²) in [6.07, 6.45) is 0. The molecule has 9 heteroatoms. The van der Waals surface area contributed by atoms with Gasteiger partial charge in [-0.2, -0.15) is 0 Å². The van der Waals surface area contributed by atoms with Gasteiger partial charge in [-0.15, -0.1) is 5.10 Å². The second kappa shape index (κ2) is 7.96. The lowest BCUT2D eigenvalue weighted by Crippen LogP contribution is -2.37. The maximum atomic E-state index is 12.7. The molecule has 0 amide bonds. The van der Waals surface area contributed by atoms with Crippen molar-refractivity contribution in [1.82, 2.24) is 14.7 Å². The highest BCUT2D eigenvalue weighted by Gasteiger charge is 2.18. The molecule has 7 nitrogen and oxygen atoms in total. The third kappa shape index (κ3) is 3.93. The number of hydrogen-bond acceptors (Lipinski definition) is 7. The van der Waals surface area contributed by atoms with Crippen LogP contribution in [0.15, 0.2) is 68.8 Å². The molecule has 1 saturated heterocycles. The standard InChI is InChI=1S/C19H19N3O4S2/c23-28(24,16-4-2-1-3-5-16)17-8-6-15(7-9-17)18-20-22(19(27)26-18)14-21-10-12-25-13-11-21/h1-9H,10-14H2. The van der Waals surface area contributed by atoms with Crippen molar-refractivity contribution in [3.05, 3.63) is 59.4 Å². The quantitative estimate of drug-likeness (QED) is 0.591. The molecule has 3 aromatic rings. The van der Waals surface area contributed by atoms with Gasteiger partial charge in [-0.25, -0.2) is 13.1 Å². The van der Waals surface area contributed by atoms with Crippen molar-refractivity contribution in [1.29, 1.82) is 0 Å². The summed E-state index contributed by atoms with van der Waals surface area (Å²) >= 11 is 5.27. The molecule has 1 aromatic heterocycles. The number of benzene rings is 2. The van der Waals surface area contributed by atoms with Crippen molar-refractivity contribution in [2.45, 2.75) is 16.5 Å². The molecule has 2 aromatic carbocycles. The van der Waals surface area contributed by atoms with Gasteiger partial charge >= 0.3 is 0 Å². The summed E-state index contributed by atoms with van der Waals surface area (Å²) < 4.78 is 38.0. The Kier molecular flexibility index (Phi) is 5.40. The highest BCUT2D eigenvalue weighted by molar-refractivity contribution is 7.91. The van der Waals surface area contributed by atoms with Crippen LogP contribution in [0.5, 0.6) is 0 Å². The minimum absolute atomic E-state index is 0.216. The Morgan fingerprint density at radius 3 is 2.29 bits per heavy atom.